The molecule has 0 aliphatic heterocycles. The Morgan fingerprint density at radius 3 is 1.89 bits per heavy atom. The van der Waals surface area contributed by atoms with Gasteiger partial charge in [-0.25, -0.2) is 0 Å². The molecule has 3 atom stereocenters. The zero-order valence-electron chi connectivity index (χ0n) is 17.2. The summed E-state index contributed by atoms with van der Waals surface area (Å²) in [6.07, 6.45) is 6.82. The second kappa shape index (κ2) is 7.35. The van der Waals surface area contributed by atoms with E-state index in [4.69, 9.17) is 0 Å². The third-order valence-electron chi connectivity index (χ3n) is 7.26. The van der Waals surface area contributed by atoms with Gasteiger partial charge in [0.15, 0.2) is 0 Å². The SMILES string of the molecule is CC1CC2CC(C)CC(c3ccc(C(C)c4ccc([N+](=O)[O-])cc4)cc3)(C1)C2. The van der Waals surface area contributed by atoms with Crippen molar-refractivity contribution in [1.82, 2.24) is 0 Å². The van der Waals surface area contributed by atoms with Gasteiger partial charge in [-0.05, 0) is 72.0 Å². The molecule has 0 aromatic heterocycles. The van der Waals surface area contributed by atoms with E-state index in [2.05, 4.69) is 45.0 Å². The Labute approximate surface area is 168 Å². The fourth-order valence-electron chi connectivity index (χ4n) is 6.26. The summed E-state index contributed by atoms with van der Waals surface area (Å²) >= 11 is 0. The highest BCUT2D eigenvalue weighted by atomic mass is 16.6. The Bertz CT molecular complexity index is 820. The number of benzene rings is 2. The van der Waals surface area contributed by atoms with Crippen LogP contribution in [-0.4, -0.2) is 4.92 Å². The highest BCUT2D eigenvalue weighted by Gasteiger charge is 2.45. The lowest BCUT2D eigenvalue weighted by Crippen LogP contribution is -2.42. The first-order valence-corrected chi connectivity index (χ1v) is 10.7. The van der Waals surface area contributed by atoms with Crippen molar-refractivity contribution in [1.29, 1.82) is 0 Å². The minimum Gasteiger partial charge on any atom is -0.258 e. The molecule has 0 spiro atoms. The molecule has 0 radical (unpaired) electrons. The molecule has 2 fully saturated rings. The van der Waals surface area contributed by atoms with E-state index in [9.17, 15) is 10.1 Å². The average molecular weight is 378 g/mol. The van der Waals surface area contributed by atoms with Crippen molar-refractivity contribution in [2.24, 2.45) is 17.8 Å². The molecule has 148 valence electrons. The molecule has 3 nitrogen and oxygen atoms in total. The molecule has 2 bridgehead atoms. The number of hydrogen-bond acceptors (Lipinski definition) is 2. The fourth-order valence-corrected chi connectivity index (χ4v) is 6.26. The number of rotatable bonds is 4. The van der Waals surface area contributed by atoms with Crippen molar-refractivity contribution in [3.05, 3.63) is 75.3 Å². The summed E-state index contributed by atoms with van der Waals surface area (Å²) in [5.41, 5.74) is 4.44. The van der Waals surface area contributed by atoms with Gasteiger partial charge in [-0.1, -0.05) is 57.2 Å². The number of nitrogens with zero attached hydrogens (tertiary/aromatic N) is 1. The summed E-state index contributed by atoms with van der Waals surface area (Å²) in [5.74, 6) is 2.77. The summed E-state index contributed by atoms with van der Waals surface area (Å²) in [5, 5.41) is 10.9. The van der Waals surface area contributed by atoms with Crippen molar-refractivity contribution < 1.29 is 4.92 Å². The van der Waals surface area contributed by atoms with Crippen LogP contribution in [-0.2, 0) is 5.41 Å². The van der Waals surface area contributed by atoms with Gasteiger partial charge in [0, 0.05) is 18.1 Å². The number of hydrogen-bond donors (Lipinski definition) is 0. The van der Waals surface area contributed by atoms with Crippen molar-refractivity contribution in [2.45, 2.75) is 64.2 Å². The number of nitro groups is 1. The van der Waals surface area contributed by atoms with E-state index >= 15 is 0 Å². The molecule has 0 N–H and O–H groups in total. The molecule has 3 unspecified atom stereocenters. The van der Waals surface area contributed by atoms with Crippen molar-refractivity contribution in [3.8, 4) is 0 Å². The molecule has 4 rings (SSSR count). The quantitative estimate of drug-likeness (QED) is 0.432. The van der Waals surface area contributed by atoms with E-state index in [1.807, 2.05) is 12.1 Å². The zero-order chi connectivity index (χ0) is 19.9. The highest BCUT2D eigenvalue weighted by Crippen LogP contribution is 2.54. The van der Waals surface area contributed by atoms with Crippen LogP contribution >= 0.6 is 0 Å². The zero-order valence-corrected chi connectivity index (χ0v) is 17.2. The predicted molar refractivity (Wildman–Crippen MR) is 114 cm³/mol. The predicted octanol–water partition coefficient (Wildman–Crippen LogP) is 6.85. The summed E-state index contributed by atoms with van der Waals surface area (Å²) < 4.78 is 0. The van der Waals surface area contributed by atoms with E-state index in [0.29, 0.717) is 5.41 Å². The van der Waals surface area contributed by atoms with Gasteiger partial charge in [-0.15, -0.1) is 0 Å². The van der Waals surface area contributed by atoms with E-state index in [-0.39, 0.29) is 16.5 Å². The minimum absolute atomic E-state index is 0.151. The smallest absolute Gasteiger partial charge is 0.258 e. The van der Waals surface area contributed by atoms with Crippen LogP contribution in [0.15, 0.2) is 48.5 Å². The lowest BCUT2D eigenvalue weighted by atomic mass is 9.54. The Hall–Kier alpha value is -2.16. The Morgan fingerprint density at radius 1 is 0.893 bits per heavy atom. The van der Waals surface area contributed by atoms with Gasteiger partial charge in [0.05, 0.1) is 4.92 Å². The van der Waals surface area contributed by atoms with Crippen molar-refractivity contribution in [3.63, 3.8) is 0 Å². The molecule has 2 saturated carbocycles. The van der Waals surface area contributed by atoms with Gasteiger partial charge in [0.1, 0.15) is 0 Å². The first-order chi connectivity index (χ1) is 13.4. The molecular formula is C25H31NO2. The molecule has 3 heteroatoms. The first-order valence-electron chi connectivity index (χ1n) is 10.7. The first kappa shape index (κ1) is 19.2. The van der Waals surface area contributed by atoms with Crippen LogP contribution in [0.4, 0.5) is 5.69 Å². The highest BCUT2D eigenvalue weighted by molar-refractivity contribution is 5.40. The number of fused-ring (bicyclic) bond motifs is 2. The molecule has 2 aromatic carbocycles. The largest absolute Gasteiger partial charge is 0.269 e. The van der Waals surface area contributed by atoms with Crippen molar-refractivity contribution >= 4 is 5.69 Å². The Morgan fingerprint density at radius 2 is 1.39 bits per heavy atom. The van der Waals surface area contributed by atoms with Crippen LogP contribution in [0.25, 0.3) is 0 Å². The molecular weight excluding hydrogens is 346 g/mol. The van der Waals surface area contributed by atoms with Crippen LogP contribution in [0.3, 0.4) is 0 Å². The standard InChI is InChI=1S/C25H31NO2/c1-17-12-20-13-18(2)15-25(14-17,16-20)23-8-4-21(5-9-23)19(3)22-6-10-24(11-7-22)26(27)28/h4-11,17-20H,12-16H2,1-3H3. The van der Waals surface area contributed by atoms with Crippen LogP contribution in [0.1, 0.15) is 75.5 Å². The maximum atomic E-state index is 10.9. The summed E-state index contributed by atoms with van der Waals surface area (Å²) in [6, 6.07) is 16.3. The minimum atomic E-state index is -0.341. The van der Waals surface area contributed by atoms with E-state index in [1.165, 1.54) is 43.2 Å². The normalized spacial score (nSPS) is 30.6. The molecule has 0 saturated heterocycles. The van der Waals surface area contributed by atoms with Gasteiger partial charge >= 0.3 is 0 Å². The second-order valence-corrected chi connectivity index (χ2v) is 9.63. The van der Waals surface area contributed by atoms with E-state index < -0.39 is 0 Å². The van der Waals surface area contributed by atoms with E-state index in [1.54, 1.807) is 12.1 Å². The monoisotopic (exact) mass is 377 g/mol. The number of non-ortho nitro benzene ring substituents is 1. The Kier molecular flexibility index (Phi) is 5.03. The van der Waals surface area contributed by atoms with Crippen molar-refractivity contribution in [2.75, 3.05) is 0 Å². The third kappa shape index (κ3) is 3.59. The Balaban J connectivity index is 1.57. The molecule has 28 heavy (non-hydrogen) atoms. The molecule has 2 aliphatic carbocycles. The second-order valence-electron chi connectivity index (χ2n) is 9.63. The molecule has 2 aliphatic rings. The lowest BCUT2D eigenvalue weighted by Gasteiger charge is -2.50. The van der Waals surface area contributed by atoms with Crippen LogP contribution in [0, 0.1) is 27.9 Å². The van der Waals surface area contributed by atoms with Crippen LogP contribution in [0.2, 0.25) is 0 Å². The molecule has 2 aromatic rings. The third-order valence-corrected chi connectivity index (χ3v) is 7.26. The average Bonchev–Trinajstić information content (AvgIpc) is 2.66. The van der Waals surface area contributed by atoms with Gasteiger partial charge in [0.2, 0.25) is 0 Å². The van der Waals surface area contributed by atoms with Gasteiger partial charge in [-0.2, -0.15) is 0 Å². The lowest BCUT2D eigenvalue weighted by molar-refractivity contribution is -0.384. The van der Waals surface area contributed by atoms with E-state index in [0.717, 1.165) is 23.3 Å². The topological polar surface area (TPSA) is 43.1 Å². The van der Waals surface area contributed by atoms with Gasteiger partial charge < -0.3 is 0 Å². The summed E-state index contributed by atoms with van der Waals surface area (Å²) in [7, 11) is 0. The maximum absolute atomic E-state index is 10.9. The molecule has 0 amide bonds. The summed E-state index contributed by atoms with van der Waals surface area (Å²) in [6.45, 7) is 7.04. The summed E-state index contributed by atoms with van der Waals surface area (Å²) in [4.78, 5) is 10.5. The molecule has 0 heterocycles. The van der Waals surface area contributed by atoms with Crippen LogP contribution < -0.4 is 0 Å². The fraction of sp³-hybridized carbons (Fsp3) is 0.520. The van der Waals surface area contributed by atoms with Gasteiger partial charge in [-0.3, -0.25) is 10.1 Å². The van der Waals surface area contributed by atoms with Gasteiger partial charge in [0.25, 0.3) is 5.69 Å². The maximum Gasteiger partial charge on any atom is 0.269 e. The number of nitro benzene ring substituents is 1. The van der Waals surface area contributed by atoms with Crippen LogP contribution in [0.5, 0.6) is 0 Å².